The first-order valence-electron chi connectivity index (χ1n) is 8.95. The number of ketones is 1. The summed E-state index contributed by atoms with van der Waals surface area (Å²) in [5.41, 5.74) is 2.42. The molecule has 0 amide bonds. The highest BCUT2D eigenvalue weighted by atomic mass is 35.5. The molecule has 27 heavy (non-hydrogen) atoms. The van der Waals surface area contributed by atoms with Crippen molar-refractivity contribution in [2.24, 2.45) is 0 Å². The van der Waals surface area contributed by atoms with Crippen LogP contribution in [0.4, 0.5) is 0 Å². The maximum Gasteiger partial charge on any atom is 0.178 e. The fourth-order valence-corrected chi connectivity index (χ4v) is 3.60. The second-order valence-electron chi connectivity index (χ2n) is 6.43. The van der Waals surface area contributed by atoms with Crippen LogP contribution in [0.2, 0.25) is 5.02 Å². The molecule has 1 aliphatic rings. The van der Waals surface area contributed by atoms with Gasteiger partial charge in [0.15, 0.2) is 5.78 Å². The van der Waals surface area contributed by atoms with Crippen molar-refractivity contribution in [3.63, 3.8) is 0 Å². The molecule has 0 aromatic heterocycles. The third-order valence-corrected chi connectivity index (χ3v) is 4.98. The molecule has 4 heteroatoms. The number of ether oxygens (including phenoxy) is 2. The van der Waals surface area contributed by atoms with Gasteiger partial charge in [-0.05, 0) is 42.3 Å². The van der Waals surface area contributed by atoms with E-state index in [4.69, 9.17) is 21.1 Å². The molecule has 0 saturated heterocycles. The predicted octanol–water partition coefficient (Wildman–Crippen LogP) is 5.84. The van der Waals surface area contributed by atoms with Crippen molar-refractivity contribution < 1.29 is 14.3 Å². The van der Waals surface area contributed by atoms with Gasteiger partial charge in [-0.25, -0.2) is 0 Å². The molecular formula is C23H19ClO3. The molecule has 0 radical (unpaired) electrons. The molecule has 136 valence electrons. The van der Waals surface area contributed by atoms with E-state index in [1.807, 2.05) is 67.6 Å². The van der Waals surface area contributed by atoms with Crippen LogP contribution in [0.1, 0.15) is 40.4 Å². The minimum absolute atomic E-state index is 0.0467. The molecule has 1 heterocycles. The minimum Gasteiger partial charge on any atom is -0.494 e. The van der Waals surface area contributed by atoms with E-state index in [1.165, 1.54) is 0 Å². The van der Waals surface area contributed by atoms with E-state index in [1.54, 1.807) is 12.1 Å². The lowest BCUT2D eigenvalue weighted by Gasteiger charge is -2.33. The fraction of sp³-hybridized carbons (Fsp3) is 0.174. The maximum absolute atomic E-state index is 13.4. The quantitative estimate of drug-likeness (QED) is 0.572. The maximum atomic E-state index is 13.4. The van der Waals surface area contributed by atoms with Crippen LogP contribution in [0.25, 0.3) is 0 Å². The highest BCUT2D eigenvalue weighted by molar-refractivity contribution is 6.30. The van der Waals surface area contributed by atoms with Gasteiger partial charge in [0, 0.05) is 11.1 Å². The second-order valence-corrected chi connectivity index (χ2v) is 6.87. The Hall–Kier alpha value is -2.78. The highest BCUT2D eigenvalue weighted by Gasteiger charge is 2.39. The van der Waals surface area contributed by atoms with Crippen molar-refractivity contribution in [3.05, 3.63) is 94.5 Å². The van der Waals surface area contributed by atoms with Crippen molar-refractivity contribution in [1.29, 1.82) is 0 Å². The molecule has 4 rings (SSSR count). The van der Waals surface area contributed by atoms with Crippen molar-refractivity contribution in [1.82, 2.24) is 0 Å². The third-order valence-electron chi connectivity index (χ3n) is 4.73. The summed E-state index contributed by atoms with van der Waals surface area (Å²) in [6.45, 7) is 2.48. The molecule has 3 aromatic rings. The van der Waals surface area contributed by atoms with Crippen molar-refractivity contribution in [3.8, 4) is 11.5 Å². The summed E-state index contributed by atoms with van der Waals surface area (Å²) >= 11 is 6.04. The SMILES string of the molecule is CCOc1ccc2c(c1)O[C@H](c1ccc(Cl)cc1)[C@@H](c1ccccc1)C2=O. The van der Waals surface area contributed by atoms with E-state index in [0.29, 0.717) is 28.7 Å². The van der Waals surface area contributed by atoms with E-state index in [2.05, 4.69) is 0 Å². The van der Waals surface area contributed by atoms with Gasteiger partial charge >= 0.3 is 0 Å². The summed E-state index contributed by atoms with van der Waals surface area (Å²) in [7, 11) is 0. The number of Topliss-reactive ketones (excluding diaryl/α,β-unsaturated/α-hetero) is 1. The first-order chi connectivity index (χ1) is 13.2. The molecule has 0 spiro atoms. The van der Waals surface area contributed by atoms with E-state index < -0.39 is 12.0 Å². The number of carbonyl (C=O) groups excluding carboxylic acids is 1. The molecule has 0 N–H and O–H groups in total. The van der Waals surface area contributed by atoms with E-state index in [0.717, 1.165) is 11.1 Å². The zero-order valence-electron chi connectivity index (χ0n) is 14.9. The molecule has 0 aliphatic carbocycles. The van der Waals surface area contributed by atoms with Crippen LogP contribution in [0.15, 0.2) is 72.8 Å². The third kappa shape index (κ3) is 3.43. The first-order valence-corrected chi connectivity index (χ1v) is 9.33. The van der Waals surface area contributed by atoms with E-state index in [9.17, 15) is 4.79 Å². The van der Waals surface area contributed by atoms with Gasteiger partial charge in [0.25, 0.3) is 0 Å². The van der Waals surface area contributed by atoms with Gasteiger partial charge in [0.05, 0.1) is 18.1 Å². The van der Waals surface area contributed by atoms with Gasteiger partial charge < -0.3 is 9.47 Å². The van der Waals surface area contributed by atoms with Gasteiger partial charge in [0.1, 0.15) is 17.6 Å². The lowest BCUT2D eigenvalue weighted by molar-refractivity contribution is 0.0781. The zero-order valence-corrected chi connectivity index (χ0v) is 15.6. The summed E-state index contributed by atoms with van der Waals surface area (Å²) in [5.74, 6) is 0.874. The smallest absolute Gasteiger partial charge is 0.178 e. The van der Waals surface area contributed by atoms with Crippen molar-refractivity contribution >= 4 is 17.4 Å². The van der Waals surface area contributed by atoms with Crippen LogP contribution in [0.5, 0.6) is 11.5 Å². The Balaban J connectivity index is 1.82. The van der Waals surface area contributed by atoms with Crippen LogP contribution in [0.3, 0.4) is 0 Å². The number of hydrogen-bond donors (Lipinski definition) is 0. The Morgan fingerprint density at radius 2 is 1.70 bits per heavy atom. The Morgan fingerprint density at radius 1 is 0.963 bits per heavy atom. The standard InChI is InChI=1S/C23H19ClO3/c1-2-26-18-12-13-19-20(14-18)27-23(16-8-10-17(24)11-9-16)21(22(19)25)15-6-4-3-5-7-15/h3-14,21,23H,2H2,1H3/t21-,23+/m0/s1. The van der Waals surface area contributed by atoms with Gasteiger partial charge in [-0.15, -0.1) is 0 Å². The van der Waals surface area contributed by atoms with E-state index >= 15 is 0 Å². The van der Waals surface area contributed by atoms with Crippen LogP contribution >= 0.6 is 11.6 Å². The topological polar surface area (TPSA) is 35.5 Å². The number of fused-ring (bicyclic) bond motifs is 1. The van der Waals surface area contributed by atoms with Gasteiger partial charge in [-0.2, -0.15) is 0 Å². The lowest BCUT2D eigenvalue weighted by atomic mass is 9.81. The number of rotatable bonds is 4. The van der Waals surface area contributed by atoms with Gasteiger partial charge in [0.2, 0.25) is 0 Å². The second kappa shape index (κ2) is 7.45. The average molecular weight is 379 g/mol. The fourth-order valence-electron chi connectivity index (χ4n) is 3.47. The first kappa shape index (κ1) is 17.6. The largest absolute Gasteiger partial charge is 0.494 e. The number of carbonyl (C=O) groups is 1. The van der Waals surface area contributed by atoms with Crippen molar-refractivity contribution in [2.45, 2.75) is 18.9 Å². The zero-order chi connectivity index (χ0) is 18.8. The number of benzene rings is 3. The summed E-state index contributed by atoms with van der Waals surface area (Å²) in [4.78, 5) is 13.4. The summed E-state index contributed by atoms with van der Waals surface area (Å²) in [5, 5.41) is 0.649. The van der Waals surface area contributed by atoms with Gasteiger partial charge in [-0.3, -0.25) is 4.79 Å². The van der Waals surface area contributed by atoms with Crippen LogP contribution in [0, 0.1) is 0 Å². The lowest BCUT2D eigenvalue weighted by Crippen LogP contribution is -2.30. The Bertz CT molecular complexity index is 951. The Labute approximate surface area is 163 Å². The number of hydrogen-bond acceptors (Lipinski definition) is 3. The predicted molar refractivity (Wildman–Crippen MR) is 106 cm³/mol. The molecule has 3 aromatic carbocycles. The Kier molecular flexibility index (Phi) is 4.87. The van der Waals surface area contributed by atoms with Crippen LogP contribution in [-0.2, 0) is 0 Å². The Morgan fingerprint density at radius 3 is 2.41 bits per heavy atom. The van der Waals surface area contributed by atoms with Crippen LogP contribution < -0.4 is 9.47 Å². The summed E-state index contributed by atoms with van der Waals surface area (Å²) < 4.78 is 11.9. The molecule has 2 atom stereocenters. The molecule has 0 saturated carbocycles. The summed E-state index contributed by atoms with van der Waals surface area (Å²) in [6, 6.07) is 22.6. The molecule has 3 nitrogen and oxygen atoms in total. The van der Waals surface area contributed by atoms with Crippen LogP contribution in [-0.4, -0.2) is 12.4 Å². The molecule has 0 bridgehead atoms. The number of halogens is 1. The summed E-state index contributed by atoms with van der Waals surface area (Å²) in [6.07, 6.45) is -0.429. The highest BCUT2D eigenvalue weighted by Crippen LogP contribution is 2.45. The normalized spacial score (nSPS) is 18.5. The average Bonchev–Trinajstić information content (AvgIpc) is 2.69. The van der Waals surface area contributed by atoms with E-state index in [-0.39, 0.29) is 5.78 Å². The molecule has 0 fully saturated rings. The van der Waals surface area contributed by atoms with Gasteiger partial charge in [-0.1, -0.05) is 54.1 Å². The molecule has 1 aliphatic heterocycles. The minimum atomic E-state index is -0.429. The monoisotopic (exact) mass is 378 g/mol. The molecule has 0 unspecified atom stereocenters. The van der Waals surface area contributed by atoms with Crippen molar-refractivity contribution in [2.75, 3.05) is 6.61 Å². The molecular weight excluding hydrogens is 360 g/mol.